The maximum Gasteiger partial charge on any atom is 0.335 e. The number of carbonyl (C=O) groups is 1. The summed E-state index contributed by atoms with van der Waals surface area (Å²) < 4.78 is 5.73. The molecule has 1 aliphatic rings. The van der Waals surface area contributed by atoms with Crippen LogP contribution in [0.4, 0.5) is 0 Å². The third-order valence-electron chi connectivity index (χ3n) is 5.93. The zero-order valence-corrected chi connectivity index (χ0v) is 17.1. The van der Waals surface area contributed by atoms with Crippen LogP contribution in [0.5, 0.6) is 5.75 Å². The van der Waals surface area contributed by atoms with Crippen LogP contribution in [0.2, 0.25) is 0 Å². The highest BCUT2D eigenvalue weighted by atomic mass is 16.5. The lowest BCUT2D eigenvalue weighted by Gasteiger charge is -2.40. The summed E-state index contributed by atoms with van der Waals surface area (Å²) in [4.78, 5) is 19.3. The third kappa shape index (κ3) is 3.73. The maximum absolute atomic E-state index is 11.2. The van der Waals surface area contributed by atoms with Gasteiger partial charge in [0.25, 0.3) is 0 Å². The molecular formula is C23H27N3O3. The minimum Gasteiger partial charge on any atom is -0.496 e. The third-order valence-corrected chi connectivity index (χ3v) is 5.93. The van der Waals surface area contributed by atoms with Gasteiger partial charge in [-0.3, -0.25) is 4.90 Å². The number of hydrogen-bond donors (Lipinski definition) is 2. The van der Waals surface area contributed by atoms with Gasteiger partial charge in [0.05, 0.1) is 12.7 Å². The molecule has 0 amide bonds. The van der Waals surface area contributed by atoms with E-state index in [1.54, 1.807) is 19.2 Å². The number of aromatic carboxylic acids is 1. The van der Waals surface area contributed by atoms with E-state index in [1.807, 2.05) is 18.3 Å². The molecule has 152 valence electrons. The van der Waals surface area contributed by atoms with Gasteiger partial charge in [-0.25, -0.2) is 4.79 Å². The molecule has 0 unspecified atom stereocenters. The van der Waals surface area contributed by atoms with Crippen molar-refractivity contribution in [1.29, 1.82) is 0 Å². The van der Waals surface area contributed by atoms with E-state index in [4.69, 9.17) is 4.74 Å². The molecule has 29 heavy (non-hydrogen) atoms. The number of piperazine rings is 1. The van der Waals surface area contributed by atoms with Crippen LogP contribution in [0.15, 0.2) is 42.6 Å². The molecule has 6 heteroatoms. The molecule has 2 aromatic carbocycles. The molecule has 6 nitrogen and oxygen atoms in total. The van der Waals surface area contributed by atoms with Crippen molar-refractivity contribution >= 4 is 16.9 Å². The fourth-order valence-corrected chi connectivity index (χ4v) is 4.29. The van der Waals surface area contributed by atoms with Gasteiger partial charge in [0, 0.05) is 54.9 Å². The molecule has 4 rings (SSSR count). The number of methoxy groups -OCH3 is 1. The number of nitrogens with zero attached hydrogens (tertiary/aromatic N) is 2. The topological polar surface area (TPSA) is 68.8 Å². The molecule has 1 fully saturated rings. The number of ether oxygens (including phenoxy) is 1. The van der Waals surface area contributed by atoms with Gasteiger partial charge >= 0.3 is 5.97 Å². The molecule has 3 aromatic rings. The summed E-state index contributed by atoms with van der Waals surface area (Å²) in [5.41, 5.74) is 4.96. The van der Waals surface area contributed by atoms with Gasteiger partial charge in [-0.05, 0) is 49.4 Å². The Morgan fingerprint density at radius 2 is 2.00 bits per heavy atom. The normalized spacial score (nSPS) is 18.2. The first kappa shape index (κ1) is 19.5. The quantitative estimate of drug-likeness (QED) is 0.692. The second-order valence-corrected chi connectivity index (χ2v) is 7.82. The highest BCUT2D eigenvalue weighted by molar-refractivity contribution is 5.88. The van der Waals surface area contributed by atoms with Gasteiger partial charge in [0.2, 0.25) is 0 Å². The van der Waals surface area contributed by atoms with Crippen LogP contribution in [0.3, 0.4) is 0 Å². The number of H-pyrrole nitrogens is 1. The predicted molar refractivity (Wildman–Crippen MR) is 114 cm³/mol. The molecule has 1 atom stereocenters. The lowest BCUT2D eigenvalue weighted by atomic mass is 9.98. The fraction of sp³-hybridized carbons (Fsp3) is 0.348. The van der Waals surface area contributed by atoms with E-state index in [0.717, 1.165) is 43.0 Å². The second kappa shape index (κ2) is 7.89. The number of aromatic amines is 1. The van der Waals surface area contributed by atoms with E-state index in [9.17, 15) is 9.90 Å². The number of fused-ring (bicyclic) bond motifs is 1. The van der Waals surface area contributed by atoms with Crippen molar-refractivity contribution in [2.24, 2.45) is 0 Å². The molecule has 1 aliphatic heterocycles. The Bertz CT molecular complexity index is 1030. The summed E-state index contributed by atoms with van der Waals surface area (Å²) in [6.07, 6.45) is 1.98. The van der Waals surface area contributed by atoms with Crippen molar-refractivity contribution in [2.75, 3.05) is 33.8 Å². The number of carboxylic acid groups (broad SMARTS) is 1. The summed E-state index contributed by atoms with van der Waals surface area (Å²) >= 11 is 0. The number of nitrogens with one attached hydrogen (secondary N) is 1. The van der Waals surface area contributed by atoms with Gasteiger partial charge in [0.1, 0.15) is 5.75 Å². The summed E-state index contributed by atoms with van der Waals surface area (Å²) in [5, 5.41) is 10.4. The highest BCUT2D eigenvalue weighted by Crippen LogP contribution is 2.34. The van der Waals surface area contributed by atoms with Crippen molar-refractivity contribution in [3.05, 3.63) is 64.8 Å². The van der Waals surface area contributed by atoms with E-state index in [-0.39, 0.29) is 6.04 Å². The van der Waals surface area contributed by atoms with Crippen LogP contribution in [-0.4, -0.2) is 59.7 Å². The van der Waals surface area contributed by atoms with Crippen molar-refractivity contribution in [3.8, 4) is 5.75 Å². The maximum atomic E-state index is 11.2. The number of rotatable bonds is 5. The standard InChI is InChI=1S/C23H27N3O3/c1-15-12-21(29-3)19(18-8-9-24-22(15)18)13-26-11-10-25(2)14-20(26)16-4-6-17(7-5-16)23(27)28/h4-9,12,20,24H,10-11,13-14H2,1-3H3,(H,27,28)/t20-/m0/s1. The Kier molecular flexibility index (Phi) is 5.30. The molecular weight excluding hydrogens is 366 g/mol. The molecule has 0 aliphatic carbocycles. The van der Waals surface area contributed by atoms with Gasteiger partial charge in [-0.1, -0.05) is 12.1 Å². The Morgan fingerprint density at radius 3 is 2.69 bits per heavy atom. The molecule has 0 bridgehead atoms. The highest BCUT2D eigenvalue weighted by Gasteiger charge is 2.28. The molecule has 0 spiro atoms. The van der Waals surface area contributed by atoms with Crippen LogP contribution in [0, 0.1) is 6.92 Å². The van der Waals surface area contributed by atoms with E-state index in [0.29, 0.717) is 5.56 Å². The van der Waals surface area contributed by atoms with Crippen LogP contribution >= 0.6 is 0 Å². The second-order valence-electron chi connectivity index (χ2n) is 7.82. The van der Waals surface area contributed by atoms with E-state index < -0.39 is 5.97 Å². The Labute approximate surface area is 170 Å². The molecule has 2 N–H and O–H groups in total. The van der Waals surface area contributed by atoms with E-state index >= 15 is 0 Å². The van der Waals surface area contributed by atoms with Crippen LogP contribution in [0.1, 0.15) is 33.1 Å². The van der Waals surface area contributed by atoms with Crippen molar-refractivity contribution in [1.82, 2.24) is 14.8 Å². The largest absolute Gasteiger partial charge is 0.496 e. The molecule has 0 radical (unpaired) electrons. The van der Waals surface area contributed by atoms with Crippen molar-refractivity contribution < 1.29 is 14.6 Å². The van der Waals surface area contributed by atoms with Crippen LogP contribution in [-0.2, 0) is 6.54 Å². The van der Waals surface area contributed by atoms with E-state index in [1.165, 1.54) is 16.5 Å². The van der Waals surface area contributed by atoms with E-state index in [2.05, 4.69) is 40.9 Å². The zero-order valence-electron chi connectivity index (χ0n) is 17.1. The number of aryl methyl sites for hydroxylation is 1. The first-order valence-electron chi connectivity index (χ1n) is 9.87. The Balaban J connectivity index is 1.69. The lowest BCUT2D eigenvalue weighted by molar-refractivity contribution is 0.0696. The predicted octanol–water partition coefficient (Wildman–Crippen LogP) is 3.67. The summed E-state index contributed by atoms with van der Waals surface area (Å²) in [7, 11) is 3.86. The SMILES string of the molecule is COc1cc(C)c2[nH]ccc2c1CN1CCN(C)C[C@H]1c1ccc(C(=O)O)cc1. The summed E-state index contributed by atoms with van der Waals surface area (Å²) in [6, 6.07) is 11.7. The number of aromatic nitrogens is 1. The number of hydrogen-bond acceptors (Lipinski definition) is 4. The van der Waals surface area contributed by atoms with Crippen molar-refractivity contribution in [3.63, 3.8) is 0 Å². The lowest BCUT2D eigenvalue weighted by Crippen LogP contribution is -2.46. The Morgan fingerprint density at radius 1 is 1.24 bits per heavy atom. The van der Waals surface area contributed by atoms with Gasteiger partial charge in [0.15, 0.2) is 0 Å². The minimum atomic E-state index is -0.895. The van der Waals surface area contributed by atoms with Crippen LogP contribution in [0.25, 0.3) is 10.9 Å². The van der Waals surface area contributed by atoms with Gasteiger partial charge in [-0.15, -0.1) is 0 Å². The van der Waals surface area contributed by atoms with Crippen LogP contribution < -0.4 is 4.74 Å². The van der Waals surface area contributed by atoms with Gasteiger partial charge < -0.3 is 19.7 Å². The van der Waals surface area contributed by atoms with Crippen molar-refractivity contribution in [2.45, 2.75) is 19.5 Å². The fourth-order valence-electron chi connectivity index (χ4n) is 4.29. The first-order valence-corrected chi connectivity index (χ1v) is 9.87. The monoisotopic (exact) mass is 393 g/mol. The summed E-state index contributed by atoms with van der Waals surface area (Å²) in [6.45, 7) is 5.70. The average Bonchev–Trinajstić information content (AvgIpc) is 3.21. The first-order chi connectivity index (χ1) is 14.0. The minimum absolute atomic E-state index is 0.191. The molecule has 1 saturated heterocycles. The summed E-state index contributed by atoms with van der Waals surface area (Å²) in [5.74, 6) is 0.0157. The number of carboxylic acids is 1. The zero-order chi connectivity index (χ0) is 20.5. The number of likely N-dealkylation sites (N-methyl/N-ethyl adjacent to an activating group) is 1. The Hall–Kier alpha value is -2.83. The molecule has 0 saturated carbocycles. The average molecular weight is 393 g/mol. The molecule has 2 heterocycles. The number of benzene rings is 2. The van der Waals surface area contributed by atoms with Gasteiger partial charge in [-0.2, -0.15) is 0 Å². The molecule has 1 aromatic heterocycles. The smallest absolute Gasteiger partial charge is 0.335 e.